The van der Waals surface area contributed by atoms with E-state index < -0.39 is 6.10 Å². The van der Waals surface area contributed by atoms with Gasteiger partial charge in [0.2, 0.25) is 0 Å². The van der Waals surface area contributed by atoms with Gasteiger partial charge in [-0.3, -0.25) is 4.90 Å². The summed E-state index contributed by atoms with van der Waals surface area (Å²) < 4.78 is 19.0. The van der Waals surface area contributed by atoms with E-state index in [2.05, 4.69) is 10.1 Å². The number of benzene rings is 2. The molecule has 0 unspecified atom stereocenters. The van der Waals surface area contributed by atoms with E-state index in [1.54, 1.807) is 25.3 Å². The predicted octanol–water partition coefficient (Wildman–Crippen LogP) is 3.48. The summed E-state index contributed by atoms with van der Waals surface area (Å²) in [7, 11) is 1.55. The number of methoxy groups -OCH3 is 1. The van der Waals surface area contributed by atoms with Crippen LogP contribution in [-0.2, 0) is 16.1 Å². The van der Waals surface area contributed by atoms with Crippen LogP contribution in [0.3, 0.4) is 0 Å². The third kappa shape index (κ3) is 5.75. The Morgan fingerprint density at radius 1 is 1.32 bits per heavy atom. The summed E-state index contributed by atoms with van der Waals surface area (Å²) in [6.07, 6.45) is -0.339. The summed E-state index contributed by atoms with van der Waals surface area (Å²) in [5, 5.41) is 14.9. The number of oxime groups is 1. The fourth-order valence-corrected chi connectivity index (χ4v) is 3.52. The molecule has 3 rings (SSSR count). The minimum absolute atomic E-state index is 0.219. The van der Waals surface area contributed by atoms with Crippen molar-refractivity contribution in [2.75, 3.05) is 26.8 Å². The summed E-state index contributed by atoms with van der Waals surface area (Å²) in [6, 6.07) is 14.1. The Morgan fingerprint density at radius 3 is 2.89 bits per heavy atom. The minimum atomic E-state index is -0.627. The molecular formula is C21H24ClFN2O3. The van der Waals surface area contributed by atoms with Crippen molar-refractivity contribution in [3.8, 4) is 0 Å². The monoisotopic (exact) mass is 406 g/mol. The van der Waals surface area contributed by atoms with Crippen molar-refractivity contribution in [3.63, 3.8) is 0 Å². The Labute approximate surface area is 169 Å². The molecule has 2 atom stereocenters. The van der Waals surface area contributed by atoms with Gasteiger partial charge in [0.15, 0.2) is 0 Å². The van der Waals surface area contributed by atoms with E-state index >= 15 is 0 Å². The fourth-order valence-electron chi connectivity index (χ4n) is 3.31. The van der Waals surface area contributed by atoms with Crippen molar-refractivity contribution in [2.45, 2.75) is 25.2 Å². The van der Waals surface area contributed by atoms with Crippen molar-refractivity contribution < 1.29 is 19.1 Å². The number of aliphatic hydroxyl groups is 1. The van der Waals surface area contributed by atoms with E-state index in [9.17, 15) is 9.50 Å². The van der Waals surface area contributed by atoms with Crippen molar-refractivity contribution in [2.24, 2.45) is 5.16 Å². The van der Waals surface area contributed by atoms with Crippen LogP contribution in [-0.4, -0.2) is 54.7 Å². The molecule has 0 spiro atoms. The molecule has 2 aromatic rings. The first-order chi connectivity index (χ1) is 13.5. The highest BCUT2D eigenvalue weighted by Crippen LogP contribution is 2.21. The lowest BCUT2D eigenvalue weighted by Gasteiger charge is -2.26. The van der Waals surface area contributed by atoms with Crippen LogP contribution >= 0.6 is 11.6 Å². The van der Waals surface area contributed by atoms with Gasteiger partial charge in [-0.05, 0) is 23.8 Å². The first-order valence-corrected chi connectivity index (χ1v) is 9.54. The number of ether oxygens (including phenoxy) is 1. The number of aliphatic hydroxyl groups excluding tert-OH is 1. The lowest BCUT2D eigenvalue weighted by atomic mass is 10.0. The molecule has 2 aromatic carbocycles. The summed E-state index contributed by atoms with van der Waals surface area (Å²) in [6.45, 7) is 1.79. The molecule has 0 bridgehead atoms. The van der Waals surface area contributed by atoms with E-state index in [-0.39, 0.29) is 18.5 Å². The lowest BCUT2D eigenvalue weighted by Crippen LogP contribution is -2.39. The minimum Gasteiger partial charge on any atom is -0.390 e. The van der Waals surface area contributed by atoms with Crippen LogP contribution < -0.4 is 0 Å². The number of hydrogen-bond donors (Lipinski definition) is 1. The molecule has 1 heterocycles. The molecule has 0 aliphatic carbocycles. The molecule has 1 aliphatic rings. The third-order valence-electron chi connectivity index (χ3n) is 4.50. The van der Waals surface area contributed by atoms with Crippen molar-refractivity contribution in [1.29, 1.82) is 0 Å². The Hall–Kier alpha value is -1.99. The maximum Gasteiger partial charge on any atom is 0.145 e. The number of nitrogens with zero attached hydrogens (tertiary/aromatic N) is 2. The molecule has 1 N–H and O–H groups in total. The second-order valence-corrected chi connectivity index (χ2v) is 7.32. The van der Waals surface area contributed by atoms with E-state index in [1.807, 2.05) is 24.3 Å². The Balaban J connectivity index is 1.65. The predicted molar refractivity (Wildman–Crippen MR) is 107 cm³/mol. The summed E-state index contributed by atoms with van der Waals surface area (Å²) >= 11 is 6.09. The van der Waals surface area contributed by atoms with Crippen LogP contribution in [0.5, 0.6) is 0 Å². The lowest BCUT2D eigenvalue weighted by molar-refractivity contribution is 0.00922. The molecule has 1 aliphatic heterocycles. The molecule has 7 heteroatoms. The molecule has 28 heavy (non-hydrogen) atoms. The zero-order valence-corrected chi connectivity index (χ0v) is 16.5. The Bertz CT molecular complexity index is 818. The highest BCUT2D eigenvalue weighted by Gasteiger charge is 2.27. The highest BCUT2D eigenvalue weighted by molar-refractivity contribution is 6.30. The van der Waals surface area contributed by atoms with E-state index in [1.165, 1.54) is 6.07 Å². The van der Waals surface area contributed by atoms with Gasteiger partial charge in [0.25, 0.3) is 0 Å². The van der Waals surface area contributed by atoms with Gasteiger partial charge >= 0.3 is 0 Å². The van der Waals surface area contributed by atoms with Gasteiger partial charge in [-0.25, -0.2) is 4.39 Å². The third-order valence-corrected chi connectivity index (χ3v) is 4.74. The van der Waals surface area contributed by atoms with Gasteiger partial charge in [0, 0.05) is 43.8 Å². The van der Waals surface area contributed by atoms with Gasteiger partial charge in [0.05, 0.1) is 18.4 Å². The maximum atomic E-state index is 14.0. The Kier molecular flexibility index (Phi) is 7.39. The Morgan fingerprint density at radius 2 is 2.14 bits per heavy atom. The molecule has 150 valence electrons. The second-order valence-electron chi connectivity index (χ2n) is 6.88. The van der Waals surface area contributed by atoms with Crippen LogP contribution in [0.2, 0.25) is 5.02 Å². The molecule has 0 amide bonds. The fraction of sp³-hybridized carbons (Fsp3) is 0.381. The first-order valence-electron chi connectivity index (χ1n) is 9.16. The van der Waals surface area contributed by atoms with Crippen LogP contribution in [0.1, 0.15) is 17.5 Å². The van der Waals surface area contributed by atoms with Gasteiger partial charge in [0.1, 0.15) is 11.9 Å². The zero-order chi connectivity index (χ0) is 19.9. The standard InChI is InChI=1S/C21H24ClFN2O3/c1-27-14-17(26)12-25(11-15-5-4-6-16(22)9-15)13-18-10-21(24-28-18)19-7-2-3-8-20(19)23/h2-9,17-18,26H,10-14H2,1H3/t17-,18-/m1/s1. The molecule has 0 saturated heterocycles. The van der Waals surface area contributed by atoms with Gasteiger partial charge < -0.3 is 14.7 Å². The number of halogens is 2. The van der Waals surface area contributed by atoms with Crippen LogP contribution in [0.25, 0.3) is 0 Å². The molecule has 0 radical (unpaired) electrons. The van der Waals surface area contributed by atoms with E-state index in [0.29, 0.717) is 42.4 Å². The summed E-state index contributed by atoms with van der Waals surface area (Å²) in [5.41, 5.74) is 2.10. The highest BCUT2D eigenvalue weighted by atomic mass is 35.5. The average molecular weight is 407 g/mol. The maximum absolute atomic E-state index is 14.0. The molecular weight excluding hydrogens is 383 g/mol. The normalized spacial score (nSPS) is 17.5. The van der Waals surface area contributed by atoms with Crippen LogP contribution in [0.4, 0.5) is 4.39 Å². The van der Waals surface area contributed by atoms with E-state index in [4.69, 9.17) is 21.2 Å². The number of hydrogen-bond acceptors (Lipinski definition) is 5. The van der Waals surface area contributed by atoms with Crippen LogP contribution in [0, 0.1) is 5.82 Å². The van der Waals surface area contributed by atoms with Crippen molar-refractivity contribution >= 4 is 17.3 Å². The van der Waals surface area contributed by atoms with Crippen LogP contribution in [0.15, 0.2) is 53.7 Å². The van der Waals surface area contributed by atoms with Gasteiger partial charge in [-0.15, -0.1) is 0 Å². The van der Waals surface area contributed by atoms with Crippen molar-refractivity contribution in [3.05, 3.63) is 70.5 Å². The molecule has 0 fully saturated rings. The molecule has 5 nitrogen and oxygen atoms in total. The first kappa shape index (κ1) is 20.7. The smallest absolute Gasteiger partial charge is 0.145 e. The van der Waals surface area contributed by atoms with Gasteiger partial charge in [-0.2, -0.15) is 0 Å². The molecule has 0 aromatic heterocycles. The van der Waals surface area contributed by atoms with Gasteiger partial charge in [-0.1, -0.05) is 47.1 Å². The second kappa shape index (κ2) is 9.98. The van der Waals surface area contributed by atoms with Crippen molar-refractivity contribution in [1.82, 2.24) is 4.90 Å². The largest absolute Gasteiger partial charge is 0.390 e. The topological polar surface area (TPSA) is 54.3 Å². The number of rotatable bonds is 9. The summed E-state index contributed by atoms with van der Waals surface area (Å²) in [4.78, 5) is 7.62. The average Bonchev–Trinajstić information content (AvgIpc) is 3.10. The zero-order valence-electron chi connectivity index (χ0n) is 15.7. The SMILES string of the molecule is COC[C@H](O)CN(Cc1cccc(Cl)c1)C[C@H]1CC(c2ccccc2F)=NO1. The van der Waals surface area contributed by atoms with E-state index in [0.717, 1.165) is 5.56 Å². The molecule has 0 saturated carbocycles. The quantitative estimate of drug-likeness (QED) is 0.692. The summed E-state index contributed by atoms with van der Waals surface area (Å²) in [5.74, 6) is -0.309.